The van der Waals surface area contributed by atoms with Crippen LogP contribution in [0, 0.1) is 17.2 Å². The molecule has 232 valence electrons. The monoisotopic (exact) mass is 639 g/mol. The first-order valence-electron chi connectivity index (χ1n) is 13.9. The summed E-state index contributed by atoms with van der Waals surface area (Å²) >= 11 is 5.95. The number of amides is 3. The molecule has 0 saturated carbocycles. The largest absolute Gasteiger partial charge is 0.488 e. The van der Waals surface area contributed by atoms with Gasteiger partial charge in [0.15, 0.2) is 0 Å². The van der Waals surface area contributed by atoms with Gasteiger partial charge in [-0.1, -0.05) is 18.5 Å². The third-order valence-corrected chi connectivity index (χ3v) is 9.49. The highest BCUT2D eigenvalue weighted by Crippen LogP contribution is 2.30. The molecular formula is C31H34ClN5O6S. The Bertz CT molecular complexity index is 1640. The van der Waals surface area contributed by atoms with Crippen LogP contribution in [-0.2, 0) is 21.2 Å². The number of rotatable bonds is 8. The zero-order valence-electron chi connectivity index (χ0n) is 24.5. The third kappa shape index (κ3) is 7.86. The van der Waals surface area contributed by atoms with Crippen LogP contribution >= 0.6 is 11.6 Å². The maximum absolute atomic E-state index is 13.5. The maximum Gasteiger partial charge on any atom is 0.323 e. The lowest BCUT2D eigenvalue weighted by Crippen LogP contribution is -2.48. The molecule has 11 nitrogen and oxygen atoms in total. The van der Waals surface area contributed by atoms with Crippen molar-refractivity contribution in [3.63, 3.8) is 0 Å². The molecule has 0 aromatic heterocycles. The van der Waals surface area contributed by atoms with Crippen LogP contribution < -0.4 is 15.4 Å². The molecule has 13 heteroatoms. The van der Waals surface area contributed by atoms with E-state index < -0.39 is 28.2 Å². The zero-order valence-corrected chi connectivity index (χ0v) is 26.1. The topological polar surface area (TPSA) is 152 Å². The summed E-state index contributed by atoms with van der Waals surface area (Å²) in [5, 5.41) is 24.7. The number of ether oxygens (including phenoxy) is 1. The molecule has 0 radical (unpaired) electrons. The molecular weight excluding hydrogens is 606 g/mol. The van der Waals surface area contributed by atoms with Crippen molar-refractivity contribution in [1.29, 1.82) is 5.26 Å². The van der Waals surface area contributed by atoms with E-state index in [0.717, 1.165) is 0 Å². The number of nitriles is 1. The number of carbonyl (C=O) groups is 2. The number of carbonyl (C=O) groups excluding carboxylic acids is 2. The highest BCUT2D eigenvalue weighted by Gasteiger charge is 2.33. The number of urea groups is 1. The number of nitrogens with one attached hydrogen (secondary N) is 2. The number of nitrogens with zero attached hydrogens (tertiary/aromatic N) is 3. The molecule has 3 atom stereocenters. The second-order valence-corrected chi connectivity index (χ2v) is 13.2. The standard InChI is InChI=1S/C31H34ClN5O6S/c1-20-17-37(21(2)19-38)30(39)15-23-14-26(35-31(40)34-25-8-4-22(16-33)5-9-25)10-13-28(23)43-29(20)18-36(3)44(41,42)27-11-6-24(32)7-12-27/h4-14,20-21,29,38H,15,17-19H2,1-3H3,(H2,34,35,40)/t20-,21-,29-/m0/s1. The number of sulfonamides is 1. The normalized spacial score (nSPS) is 17.8. The van der Waals surface area contributed by atoms with Crippen LogP contribution in [0.2, 0.25) is 5.02 Å². The van der Waals surface area contributed by atoms with E-state index >= 15 is 0 Å². The van der Waals surface area contributed by atoms with Gasteiger partial charge in [-0.2, -0.15) is 9.57 Å². The smallest absolute Gasteiger partial charge is 0.323 e. The molecule has 3 aromatic carbocycles. The van der Waals surface area contributed by atoms with Crippen molar-refractivity contribution in [3.8, 4) is 11.8 Å². The Kier molecular flexibility index (Phi) is 10.5. The Balaban J connectivity index is 1.60. The van der Waals surface area contributed by atoms with Crippen molar-refractivity contribution in [3.05, 3.63) is 82.9 Å². The van der Waals surface area contributed by atoms with E-state index in [1.807, 2.05) is 13.0 Å². The Morgan fingerprint density at radius 1 is 1.14 bits per heavy atom. The van der Waals surface area contributed by atoms with E-state index in [-0.39, 0.29) is 42.8 Å². The average molecular weight is 640 g/mol. The first kappa shape index (κ1) is 32.8. The van der Waals surface area contributed by atoms with Gasteiger partial charge < -0.3 is 25.4 Å². The number of benzene rings is 3. The highest BCUT2D eigenvalue weighted by atomic mass is 35.5. The fourth-order valence-electron chi connectivity index (χ4n) is 4.78. The van der Waals surface area contributed by atoms with E-state index in [9.17, 15) is 23.1 Å². The highest BCUT2D eigenvalue weighted by molar-refractivity contribution is 7.89. The van der Waals surface area contributed by atoms with E-state index in [2.05, 4.69) is 10.6 Å². The summed E-state index contributed by atoms with van der Waals surface area (Å²) in [6, 6.07) is 18.2. The van der Waals surface area contributed by atoms with Crippen molar-refractivity contribution in [2.75, 3.05) is 37.4 Å². The fourth-order valence-corrected chi connectivity index (χ4v) is 6.09. The quantitative estimate of drug-likeness (QED) is 0.332. The maximum atomic E-state index is 13.5. The summed E-state index contributed by atoms with van der Waals surface area (Å²) in [7, 11) is -2.41. The lowest BCUT2D eigenvalue weighted by Gasteiger charge is -2.33. The minimum atomic E-state index is -3.88. The van der Waals surface area contributed by atoms with Gasteiger partial charge in [0.2, 0.25) is 15.9 Å². The number of aliphatic hydroxyl groups excluding tert-OH is 1. The van der Waals surface area contributed by atoms with Gasteiger partial charge in [-0.3, -0.25) is 4.79 Å². The number of aliphatic hydroxyl groups is 1. The van der Waals surface area contributed by atoms with Gasteiger partial charge >= 0.3 is 6.03 Å². The van der Waals surface area contributed by atoms with E-state index in [1.54, 1.807) is 54.3 Å². The summed E-state index contributed by atoms with van der Waals surface area (Å²) in [5.74, 6) is -0.188. The number of likely N-dealkylation sites (N-methyl/N-ethyl adjacent to an activating group) is 1. The molecule has 1 aliphatic heterocycles. The first-order valence-corrected chi connectivity index (χ1v) is 15.7. The summed E-state index contributed by atoms with van der Waals surface area (Å²) in [4.78, 5) is 27.8. The molecule has 0 saturated heterocycles. The van der Waals surface area contributed by atoms with E-state index in [0.29, 0.717) is 33.3 Å². The number of hydrogen-bond donors (Lipinski definition) is 3. The lowest BCUT2D eigenvalue weighted by molar-refractivity contribution is -0.134. The van der Waals surface area contributed by atoms with Gasteiger partial charge in [0.1, 0.15) is 11.9 Å². The SMILES string of the molecule is C[C@H]1CN([C@@H](C)CO)C(=O)Cc2cc(NC(=O)Nc3ccc(C#N)cc3)ccc2O[C@H]1CN(C)S(=O)(=O)c1ccc(Cl)cc1. The van der Waals surface area contributed by atoms with E-state index in [1.165, 1.54) is 35.6 Å². The number of anilines is 2. The lowest BCUT2D eigenvalue weighted by atomic mass is 10.0. The predicted molar refractivity (Wildman–Crippen MR) is 167 cm³/mol. The van der Waals surface area contributed by atoms with Gasteiger partial charge in [-0.25, -0.2) is 13.2 Å². The summed E-state index contributed by atoms with van der Waals surface area (Å²) in [6.07, 6.45) is -0.733. The van der Waals surface area contributed by atoms with E-state index in [4.69, 9.17) is 21.6 Å². The van der Waals surface area contributed by atoms with Gasteiger partial charge in [0, 0.05) is 41.5 Å². The van der Waals surface area contributed by atoms with Crippen LogP contribution in [0.15, 0.2) is 71.6 Å². The molecule has 44 heavy (non-hydrogen) atoms. The predicted octanol–water partition coefficient (Wildman–Crippen LogP) is 4.33. The van der Waals surface area contributed by atoms with Crippen molar-refractivity contribution in [2.24, 2.45) is 5.92 Å². The van der Waals surface area contributed by atoms with Crippen LogP contribution in [0.4, 0.5) is 16.2 Å². The second-order valence-electron chi connectivity index (χ2n) is 10.7. The van der Waals surface area contributed by atoms with Crippen LogP contribution in [0.5, 0.6) is 5.75 Å². The van der Waals surface area contributed by atoms with Crippen LogP contribution in [-0.4, -0.2) is 73.6 Å². The minimum Gasteiger partial charge on any atom is -0.488 e. The second kappa shape index (κ2) is 14.1. The molecule has 3 aromatic rings. The van der Waals surface area contributed by atoms with Crippen molar-refractivity contribution in [1.82, 2.24) is 9.21 Å². The molecule has 0 bridgehead atoms. The summed E-state index contributed by atoms with van der Waals surface area (Å²) in [5.41, 5.74) is 1.85. The Morgan fingerprint density at radius 2 is 1.77 bits per heavy atom. The molecule has 0 fully saturated rings. The van der Waals surface area contributed by atoms with Crippen LogP contribution in [0.25, 0.3) is 0 Å². The van der Waals surface area contributed by atoms with Crippen molar-refractivity contribution in [2.45, 2.75) is 37.3 Å². The van der Waals surface area contributed by atoms with Crippen molar-refractivity contribution < 1.29 is 27.9 Å². The first-order chi connectivity index (χ1) is 20.9. The van der Waals surface area contributed by atoms with Gasteiger partial charge in [-0.15, -0.1) is 0 Å². The molecule has 1 aliphatic rings. The minimum absolute atomic E-state index is 0.0197. The molecule has 0 unspecified atom stereocenters. The Morgan fingerprint density at radius 3 is 2.41 bits per heavy atom. The third-order valence-electron chi connectivity index (χ3n) is 7.41. The number of fused-ring (bicyclic) bond motifs is 1. The zero-order chi connectivity index (χ0) is 32.0. The fraction of sp³-hybridized carbons (Fsp3) is 0.323. The Hall–Kier alpha value is -4.15. The van der Waals surface area contributed by atoms with Gasteiger partial charge in [0.05, 0.1) is 42.1 Å². The van der Waals surface area contributed by atoms with Crippen LogP contribution in [0.3, 0.4) is 0 Å². The molecule has 3 N–H and O–H groups in total. The summed E-state index contributed by atoms with van der Waals surface area (Å²) < 4.78 is 34.3. The van der Waals surface area contributed by atoms with Crippen molar-refractivity contribution >= 4 is 44.9 Å². The van der Waals surface area contributed by atoms with Gasteiger partial charge in [0.25, 0.3) is 0 Å². The number of hydrogen-bond acceptors (Lipinski definition) is 7. The molecule has 0 aliphatic carbocycles. The molecule has 4 rings (SSSR count). The average Bonchev–Trinajstić information content (AvgIpc) is 3.04. The summed E-state index contributed by atoms with van der Waals surface area (Å²) in [6.45, 7) is 3.56. The van der Waals surface area contributed by atoms with Gasteiger partial charge in [-0.05, 0) is 73.7 Å². The number of halogens is 1. The molecule has 1 heterocycles. The molecule has 3 amide bonds. The van der Waals surface area contributed by atoms with Crippen LogP contribution in [0.1, 0.15) is 25.0 Å². The Labute approximate surface area is 262 Å². The molecule has 0 spiro atoms.